The van der Waals surface area contributed by atoms with E-state index in [0.29, 0.717) is 42.7 Å². The van der Waals surface area contributed by atoms with Gasteiger partial charge in [-0.15, -0.1) is 11.8 Å². The maximum Gasteiger partial charge on any atom is 0.245 e. The van der Waals surface area contributed by atoms with Gasteiger partial charge in [0.2, 0.25) is 5.91 Å². The lowest BCUT2D eigenvalue weighted by Crippen LogP contribution is -2.36. The number of methoxy groups -OCH3 is 1. The summed E-state index contributed by atoms with van der Waals surface area (Å²) in [4.78, 5) is 16.4. The quantitative estimate of drug-likeness (QED) is 0.698. The van der Waals surface area contributed by atoms with Crippen molar-refractivity contribution in [2.45, 2.75) is 6.04 Å². The van der Waals surface area contributed by atoms with Crippen LogP contribution in [0, 0.1) is 0 Å². The van der Waals surface area contributed by atoms with E-state index in [-0.39, 0.29) is 11.7 Å². The van der Waals surface area contributed by atoms with Gasteiger partial charge in [0.05, 0.1) is 19.8 Å². The fourth-order valence-electron chi connectivity index (χ4n) is 1.92. The van der Waals surface area contributed by atoms with E-state index in [9.17, 15) is 9.90 Å². The van der Waals surface area contributed by atoms with E-state index in [0.717, 1.165) is 0 Å². The molecule has 0 aromatic heterocycles. The van der Waals surface area contributed by atoms with E-state index in [1.165, 1.54) is 11.8 Å². The standard InChI is InChI=1S/C15H20N2O4S/c1-20-8-9-21-7-6-16-14(19)12-10-22-15(17-12)11-4-2-3-5-13(11)18/h2-5,12,18H,6-10H2,1H3,(H,16,19). The SMILES string of the molecule is COCCOCCNC(=O)C1CSC(c2ccccc2O)=N1. The van der Waals surface area contributed by atoms with Crippen LogP contribution in [-0.2, 0) is 14.3 Å². The number of para-hydroxylation sites is 1. The Balaban J connectivity index is 1.79. The molecule has 7 heteroatoms. The maximum atomic E-state index is 12.0. The van der Waals surface area contributed by atoms with Gasteiger partial charge in [-0.25, -0.2) is 0 Å². The summed E-state index contributed by atoms with van der Waals surface area (Å²) in [6.45, 7) is 1.96. The highest BCUT2D eigenvalue weighted by Gasteiger charge is 2.26. The summed E-state index contributed by atoms with van der Waals surface area (Å²) < 4.78 is 10.1. The Kier molecular flexibility index (Phi) is 6.70. The smallest absolute Gasteiger partial charge is 0.245 e. The van der Waals surface area contributed by atoms with Gasteiger partial charge in [0, 0.05) is 25.0 Å². The Morgan fingerprint density at radius 3 is 3.00 bits per heavy atom. The molecule has 1 atom stereocenters. The molecule has 1 aromatic rings. The lowest BCUT2D eigenvalue weighted by Gasteiger charge is -2.08. The van der Waals surface area contributed by atoms with E-state index < -0.39 is 6.04 Å². The molecule has 0 saturated heterocycles. The number of hydrogen-bond acceptors (Lipinski definition) is 6. The Morgan fingerprint density at radius 2 is 2.23 bits per heavy atom. The van der Waals surface area contributed by atoms with Gasteiger partial charge < -0.3 is 19.9 Å². The van der Waals surface area contributed by atoms with Crippen molar-refractivity contribution in [3.05, 3.63) is 29.8 Å². The van der Waals surface area contributed by atoms with Crippen molar-refractivity contribution in [2.24, 2.45) is 4.99 Å². The van der Waals surface area contributed by atoms with Crippen LogP contribution in [0.1, 0.15) is 5.56 Å². The van der Waals surface area contributed by atoms with E-state index in [1.54, 1.807) is 25.3 Å². The molecular weight excluding hydrogens is 304 g/mol. The molecule has 2 N–H and O–H groups in total. The number of nitrogens with zero attached hydrogens (tertiary/aromatic N) is 1. The van der Waals surface area contributed by atoms with Crippen molar-refractivity contribution < 1.29 is 19.4 Å². The lowest BCUT2D eigenvalue weighted by atomic mass is 10.2. The first-order valence-corrected chi connectivity index (χ1v) is 8.04. The second-order valence-electron chi connectivity index (χ2n) is 4.67. The van der Waals surface area contributed by atoms with Crippen molar-refractivity contribution in [2.75, 3.05) is 39.2 Å². The first-order valence-electron chi connectivity index (χ1n) is 7.05. The van der Waals surface area contributed by atoms with Crippen LogP contribution in [0.4, 0.5) is 0 Å². The summed E-state index contributed by atoms with van der Waals surface area (Å²) >= 11 is 1.48. The zero-order valence-corrected chi connectivity index (χ0v) is 13.3. The van der Waals surface area contributed by atoms with Gasteiger partial charge in [0.25, 0.3) is 0 Å². The number of phenolic OH excluding ortho intramolecular Hbond substituents is 1. The van der Waals surface area contributed by atoms with E-state index >= 15 is 0 Å². The summed E-state index contributed by atoms with van der Waals surface area (Å²) in [5.74, 6) is 0.648. The monoisotopic (exact) mass is 324 g/mol. The van der Waals surface area contributed by atoms with Crippen LogP contribution in [0.15, 0.2) is 29.3 Å². The van der Waals surface area contributed by atoms with Crippen LogP contribution < -0.4 is 5.32 Å². The maximum absolute atomic E-state index is 12.0. The Morgan fingerprint density at radius 1 is 1.41 bits per heavy atom. The molecule has 0 fully saturated rings. The molecule has 0 radical (unpaired) electrons. The van der Waals surface area contributed by atoms with E-state index in [1.807, 2.05) is 6.07 Å². The zero-order chi connectivity index (χ0) is 15.8. The number of nitrogens with one attached hydrogen (secondary N) is 1. The van der Waals surface area contributed by atoms with Gasteiger partial charge in [0.1, 0.15) is 16.8 Å². The van der Waals surface area contributed by atoms with Gasteiger partial charge in [-0.3, -0.25) is 9.79 Å². The number of benzene rings is 1. The third-order valence-electron chi connectivity index (χ3n) is 3.07. The average Bonchev–Trinajstić information content (AvgIpc) is 3.01. The Bertz CT molecular complexity index is 536. The molecule has 2 rings (SSSR count). The highest BCUT2D eigenvalue weighted by atomic mass is 32.2. The first-order chi connectivity index (χ1) is 10.7. The van der Waals surface area contributed by atoms with Gasteiger partial charge in [-0.05, 0) is 12.1 Å². The molecule has 0 aliphatic carbocycles. The predicted octanol–water partition coefficient (Wildman–Crippen LogP) is 1.03. The number of phenols is 1. The minimum Gasteiger partial charge on any atom is -0.507 e. The molecule has 22 heavy (non-hydrogen) atoms. The van der Waals surface area contributed by atoms with Crippen LogP contribution in [0.2, 0.25) is 0 Å². The fourth-order valence-corrected chi connectivity index (χ4v) is 2.99. The molecule has 0 spiro atoms. The number of hydrogen-bond donors (Lipinski definition) is 2. The topological polar surface area (TPSA) is 80.2 Å². The third-order valence-corrected chi connectivity index (χ3v) is 4.15. The molecular formula is C15H20N2O4S. The predicted molar refractivity (Wildman–Crippen MR) is 86.6 cm³/mol. The van der Waals surface area contributed by atoms with Crippen molar-refractivity contribution in [3.63, 3.8) is 0 Å². The summed E-state index contributed by atoms with van der Waals surface area (Å²) in [6.07, 6.45) is 0. The molecule has 1 aliphatic rings. The number of thioether (sulfide) groups is 1. The van der Waals surface area contributed by atoms with Gasteiger partial charge in [-0.2, -0.15) is 0 Å². The van der Waals surface area contributed by atoms with Crippen LogP contribution in [-0.4, -0.2) is 61.3 Å². The second-order valence-corrected chi connectivity index (χ2v) is 5.68. The van der Waals surface area contributed by atoms with Crippen LogP contribution in [0.5, 0.6) is 5.75 Å². The fraction of sp³-hybridized carbons (Fsp3) is 0.467. The van der Waals surface area contributed by atoms with Crippen LogP contribution in [0.3, 0.4) is 0 Å². The molecule has 1 heterocycles. The zero-order valence-electron chi connectivity index (χ0n) is 12.4. The van der Waals surface area contributed by atoms with Crippen molar-refractivity contribution >= 4 is 22.7 Å². The van der Waals surface area contributed by atoms with Crippen molar-refractivity contribution in [1.29, 1.82) is 0 Å². The summed E-state index contributed by atoms with van der Waals surface area (Å²) in [6, 6.07) is 6.59. The highest BCUT2D eigenvalue weighted by Crippen LogP contribution is 2.28. The Hall–Kier alpha value is -1.57. The minimum atomic E-state index is -0.418. The van der Waals surface area contributed by atoms with Gasteiger partial charge in [0.15, 0.2) is 0 Å². The van der Waals surface area contributed by atoms with Crippen LogP contribution in [0.25, 0.3) is 0 Å². The molecule has 0 saturated carbocycles. The number of carbonyl (C=O) groups is 1. The number of ether oxygens (including phenoxy) is 2. The first kappa shape index (κ1) is 16.8. The van der Waals surface area contributed by atoms with E-state index in [2.05, 4.69) is 10.3 Å². The number of aliphatic imine (C=N–C) groups is 1. The molecule has 1 amide bonds. The number of aromatic hydroxyl groups is 1. The van der Waals surface area contributed by atoms with Crippen molar-refractivity contribution in [1.82, 2.24) is 5.32 Å². The van der Waals surface area contributed by atoms with Gasteiger partial charge >= 0.3 is 0 Å². The highest BCUT2D eigenvalue weighted by molar-refractivity contribution is 8.14. The van der Waals surface area contributed by atoms with E-state index in [4.69, 9.17) is 9.47 Å². The molecule has 1 aliphatic heterocycles. The minimum absolute atomic E-state index is 0.117. The summed E-state index contributed by atoms with van der Waals surface area (Å²) in [5.41, 5.74) is 0.672. The molecule has 120 valence electrons. The third kappa shape index (κ3) is 4.72. The van der Waals surface area contributed by atoms with Gasteiger partial charge in [-0.1, -0.05) is 12.1 Å². The number of rotatable bonds is 8. The second kappa shape index (κ2) is 8.77. The molecule has 1 unspecified atom stereocenters. The summed E-state index contributed by atoms with van der Waals surface area (Å²) in [7, 11) is 1.61. The number of carbonyl (C=O) groups excluding carboxylic acids is 1. The normalized spacial score (nSPS) is 17.3. The largest absolute Gasteiger partial charge is 0.507 e. The molecule has 0 bridgehead atoms. The average molecular weight is 324 g/mol. The molecule has 1 aromatic carbocycles. The Labute approximate surface area is 133 Å². The van der Waals surface area contributed by atoms with Crippen LogP contribution >= 0.6 is 11.8 Å². The molecule has 6 nitrogen and oxygen atoms in total. The van der Waals surface area contributed by atoms with Crippen molar-refractivity contribution in [3.8, 4) is 5.75 Å². The number of amides is 1. The lowest BCUT2D eigenvalue weighted by molar-refractivity contribution is -0.122. The summed E-state index contributed by atoms with van der Waals surface area (Å²) in [5, 5.41) is 13.3.